The highest BCUT2D eigenvalue weighted by Crippen LogP contribution is 2.30. The van der Waals surface area contributed by atoms with Gasteiger partial charge in [-0.05, 0) is 12.1 Å². The lowest BCUT2D eigenvalue weighted by Crippen LogP contribution is -2.00. The first-order valence-electron chi connectivity index (χ1n) is 4.35. The number of hydrogen-bond donors (Lipinski definition) is 0. The van der Waals surface area contributed by atoms with Crippen molar-refractivity contribution < 1.29 is 17.9 Å². The van der Waals surface area contributed by atoms with E-state index in [4.69, 9.17) is 20.2 Å². The van der Waals surface area contributed by atoms with E-state index in [1.807, 2.05) is 0 Å². The van der Waals surface area contributed by atoms with Crippen LogP contribution in [0.25, 0.3) is 0 Å². The summed E-state index contributed by atoms with van der Waals surface area (Å²) in [5.74, 6) is 0.636. The lowest BCUT2D eigenvalue weighted by Gasteiger charge is -2.09. The molecule has 1 rings (SSSR count). The van der Waals surface area contributed by atoms with Gasteiger partial charge in [0.1, 0.15) is 23.0 Å². The minimum Gasteiger partial charge on any atom is -0.497 e. The molecule has 0 radical (unpaired) electrons. The fourth-order valence-corrected chi connectivity index (χ4v) is 2.05. The Morgan fingerprint density at radius 1 is 1.50 bits per heavy atom. The van der Waals surface area contributed by atoms with Gasteiger partial charge in [0.25, 0.3) is 9.05 Å². The first kappa shape index (κ1) is 12.9. The number of hydrogen-bond acceptors (Lipinski definition) is 4. The minimum atomic E-state index is -3.83. The second-order valence-corrected chi connectivity index (χ2v) is 5.38. The smallest absolute Gasteiger partial charge is 0.264 e. The van der Waals surface area contributed by atoms with E-state index in [1.54, 1.807) is 0 Å². The molecule has 0 heterocycles. The molecule has 0 aliphatic heterocycles. The molecule has 0 fully saturated rings. The molecule has 0 amide bonds. The maximum absolute atomic E-state index is 11.2. The summed E-state index contributed by atoms with van der Waals surface area (Å²) in [6.45, 7) is 3.66. The highest BCUT2D eigenvalue weighted by atomic mass is 35.7. The summed E-state index contributed by atoms with van der Waals surface area (Å²) in [5.41, 5.74) is 0. The van der Waals surface area contributed by atoms with Gasteiger partial charge in [-0.25, -0.2) is 8.42 Å². The van der Waals surface area contributed by atoms with Gasteiger partial charge in [-0.1, -0.05) is 12.7 Å². The quantitative estimate of drug-likeness (QED) is 0.603. The van der Waals surface area contributed by atoms with Gasteiger partial charge in [0.05, 0.1) is 7.11 Å². The van der Waals surface area contributed by atoms with Crippen LogP contribution >= 0.6 is 10.7 Å². The Balaban J connectivity index is 3.21. The summed E-state index contributed by atoms with van der Waals surface area (Å²) < 4.78 is 32.6. The van der Waals surface area contributed by atoms with Gasteiger partial charge in [0.15, 0.2) is 0 Å². The predicted octanol–water partition coefficient (Wildman–Crippen LogP) is 2.19. The molecule has 0 bridgehead atoms. The Kier molecular flexibility index (Phi) is 4.20. The van der Waals surface area contributed by atoms with Crippen molar-refractivity contribution in [1.82, 2.24) is 0 Å². The second kappa shape index (κ2) is 5.23. The third kappa shape index (κ3) is 3.15. The molecule has 0 atom stereocenters. The maximum atomic E-state index is 11.2. The van der Waals surface area contributed by atoms with Crippen LogP contribution in [0.4, 0.5) is 0 Å². The van der Waals surface area contributed by atoms with Gasteiger partial charge in [0.2, 0.25) is 0 Å². The van der Waals surface area contributed by atoms with Gasteiger partial charge in [0, 0.05) is 16.7 Å². The number of methoxy groups -OCH3 is 1. The van der Waals surface area contributed by atoms with E-state index in [2.05, 4.69) is 6.58 Å². The average Bonchev–Trinajstić information content (AvgIpc) is 2.24. The number of ether oxygens (including phenoxy) is 2. The summed E-state index contributed by atoms with van der Waals surface area (Å²) in [6, 6.07) is 4.29. The molecule has 0 aliphatic carbocycles. The molecule has 0 aromatic heterocycles. The number of rotatable bonds is 5. The zero-order chi connectivity index (χ0) is 12.2. The molecule has 0 N–H and O–H groups in total. The van der Waals surface area contributed by atoms with E-state index in [0.29, 0.717) is 5.75 Å². The van der Waals surface area contributed by atoms with Gasteiger partial charge < -0.3 is 9.47 Å². The highest BCUT2D eigenvalue weighted by Gasteiger charge is 2.17. The molecular formula is C10H11ClO4S. The van der Waals surface area contributed by atoms with Gasteiger partial charge in [-0.2, -0.15) is 0 Å². The van der Waals surface area contributed by atoms with Gasteiger partial charge in [-0.3, -0.25) is 0 Å². The third-order valence-electron chi connectivity index (χ3n) is 1.77. The molecule has 0 saturated heterocycles. The fraction of sp³-hybridized carbons (Fsp3) is 0.200. The zero-order valence-corrected chi connectivity index (χ0v) is 10.2. The van der Waals surface area contributed by atoms with E-state index >= 15 is 0 Å². The largest absolute Gasteiger partial charge is 0.497 e. The summed E-state index contributed by atoms with van der Waals surface area (Å²) in [6.07, 6.45) is 1.50. The number of benzene rings is 1. The Labute approximate surface area is 98.9 Å². The van der Waals surface area contributed by atoms with E-state index in [-0.39, 0.29) is 17.3 Å². The molecule has 0 saturated carbocycles. The molecule has 4 nitrogen and oxygen atoms in total. The molecule has 88 valence electrons. The Hall–Kier alpha value is -1.20. The molecule has 16 heavy (non-hydrogen) atoms. The maximum Gasteiger partial charge on any atom is 0.264 e. The van der Waals surface area contributed by atoms with Crippen molar-refractivity contribution in [2.45, 2.75) is 4.90 Å². The second-order valence-electron chi connectivity index (χ2n) is 2.85. The van der Waals surface area contributed by atoms with Crippen molar-refractivity contribution in [2.75, 3.05) is 13.7 Å². The van der Waals surface area contributed by atoms with Gasteiger partial charge >= 0.3 is 0 Å². The minimum absolute atomic E-state index is 0.0863. The summed E-state index contributed by atoms with van der Waals surface area (Å²) in [7, 11) is 2.91. The molecule has 1 aromatic rings. The molecule has 1 aromatic carbocycles. The topological polar surface area (TPSA) is 52.6 Å². The lowest BCUT2D eigenvalue weighted by molar-refractivity contribution is 0.347. The molecule has 0 unspecified atom stereocenters. The van der Waals surface area contributed by atoms with Crippen LogP contribution < -0.4 is 9.47 Å². The van der Waals surface area contributed by atoms with Crippen molar-refractivity contribution >= 4 is 19.7 Å². The van der Waals surface area contributed by atoms with Gasteiger partial charge in [-0.15, -0.1) is 0 Å². The van der Waals surface area contributed by atoms with Crippen molar-refractivity contribution in [3.8, 4) is 11.5 Å². The monoisotopic (exact) mass is 262 g/mol. The Morgan fingerprint density at radius 2 is 2.19 bits per heavy atom. The van der Waals surface area contributed by atoms with E-state index in [1.165, 1.54) is 31.4 Å². The lowest BCUT2D eigenvalue weighted by atomic mass is 10.3. The average molecular weight is 263 g/mol. The van der Waals surface area contributed by atoms with E-state index in [0.717, 1.165) is 0 Å². The van der Waals surface area contributed by atoms with E-state index < -0.39 is 9.05 Å². The Bertz CT molecular complexity index is 482. The standard InChI is InChI=1S/C10H11ClO4S/c1-3-6-15-9-7-8(14-2)4-5-10(9)16(11,12)13/h3-5,7H,1,6H2,2H3. The van der Waals surface area contributed by atoms with Crippen molar-refractivity contribution in [3.05, 3.63) is 30.9 Å². The fourth-order valence-electron chi connectivity index (χ4n) is 1.08. The van der Waals surface area contributed by atoms with Crippen LogP contribution in [-0.4, -0.2) is 22.1 Å². The number of halogens is 1. The third-order valence-corrected chi connectivity index (χ3v) is 3.13. The molecule has 0 aliphatic rings. The summed E-state index contributed by atoms with van der Waals surface area (Å²) in [4.78, 5) is -0.0863. The van der Waals surface area contributed by atoms with Crippen LogP contribution in [0, 0.1) is 0 Å². The summed E-state index contributed by atoms with van der Waals surface area (Å²) >= 11 is 0. The first-order chi connectivity index (χ1) is 7.49. The summed E-state index contributed by atoms with van der Waals surface area (Å²) in [5, 5.41) is 0. The van der Waals surface area contributed by atoms with Crippen molar-refractivity contribution in [1.29, 1.82) is 0 Å². The molecule has 6 heteroatoms. The predicted molar refractivity (Wildman–Crippen MR) is 61.7 cm³/mol. The molecular weight excluding hydrogens is 252 g/mol. The van der Waals surface area contributed by atoms with Crippen molar-refractivity contribution in [3.63, 3.8) is 0 Å². The zero-order valence-electron chi connectivity index (χ0n) is 8.64. The van der Waals surface area contributed by atoms with Crippen LogP contribution in [-0.2, 0) is 9.05 Å². The Morgan fingerprint density at radius 3 is 2.69 bits per heavy atom. The highest BCUT2D eigenvalue weighted by molar-refractivity contribution is 8.13. The normalized spacial score (nSPS) is 10.9. The van der Waals surface area contributed by atoms with E-state index in [9.17, 15) is 8.42 Å². The van der Waals surface area contributed by atoms with Crippen LogP contribution in [0.3, 0.4) is 0 Å². The van der Waals surface area contributed by atoms with Crippen LogP contribution in [0.1, 0.15) is 0 Å². The van der Waals surface area contributed by atoms with Crippen molar-refractivity contribution in [2.24, 2.45) is 0 Å². The van der Waals surface area contributed by atoms with Crippen LogP contribution in [0.15, 0.2) is 35.7 Å². The van der Waals surface area contributed by atoms with Crippen LogP contribution in [0.2, 0.25) is 0 Å². The SMILES string of the molecule is C=CCOc1cc(OC)ccc1S(=O)(=O)Cl. The molecule has 0 spiro atoms. The first-order valence-corrected chi connectivity index (χ1v) is 6.66. The van der Waals surface area contributed by atoms with Crippen LogP contribution in [0.5, 0.6) is 11.5 Å².